The zero-order valence-corrected chi connectivity index (χ0v) is 14.4. The van der Waals surface area contributed by atoms with Crippen LogP contribution in [-0.4, -0.2) is 30.5 Å². The molecule has 3 rings (SSSR count). The first-order valence-electron chi connectivity index (χ1n) is 7.72. The normalized spacial score (nSPS) is 10.5. The Hall–Kier alpha value is -3.55. The van der Waals surface area contributed by atoms with Gasteiger partial charge >= 0.3 is 0 Å². The van der Waals surface area contributed by atoms with Gasteiger partial charge in [-0.05, 0) is 29.8 Å². The molecule has 8 heteroatoms. The van der Waals surface area contributed by atoms with E-state index in [-0.39, 0.29) is 11.7 Å². The average Bonchev–Trinajstić information content (AvgIpc) is 3.12. The Balaban J connectivity index is 2.08. The molecule has 0 unspecified atom stereocenters. The Morgan fingerprint density at radius 1 is 1.19 bits per heavy atom. The standard InChI is InChI=1S/C18H18N4O4/c1-24-15-7-10(5-11-8-21-18(20)22-17(11)19)6-13(16(15)25-2)14-4-3-12(9-23)26-14/h3-4,6-9H,5H2,1-2H3,(H4,19,20,21,22). The van der Waals surface area contributed by atoms with Crippen LogP contribution in [-0.2, 0) is 6.42 Å². The molecule has 2 heterocycles. The van der Waals surface area contributed by atoms with Crippen molar-refractivity contribution >= 4 is 18.1 Å². The summed E-state index contributed by atoms with van der Waals surface area (Å²) in [6, 6.07) is 7.00. The van der Waals surface area contributed by atoms with Gasteiger partial charge in [-0.1, -0.05) is 0 Å². The minimum absolute atomic E-state index is 0.122. The number of carbonyl (C=O) groups is 1. The van der Waals surface area contributed by atoms with Crippen LogP contribution in [0.3, 0.4) is 0 Å². The van der Waals surface area contributed by atoms with Crippen LogP contribution < -0.4 is 20.9 Å². The second-order valence-corrected chi connectivity index (χ2v) is 5.51. The number of nitrogens with zero attached hydrogens (tertiary/aromatic N) is 2. The molecule has 0 aliphatic heterocycles. The lowest BCUT2D eigenvalue weighted by Gasteiger charge is -2.14. The largest absolute Gasteiger partial charge is 0.493 e. The lowest BCUT2D eigenvalue weighted by atomic mass is 10.0. The van der Waals surface area contributed by atoms with E-state index in [2.05, 4.69) is 9.97 Å². The number of hydrogen-bond acceptors (Lipinski definition) is 8. The summed E-state index contributed by atoms with van der Waals surface area (Å²) < 4.78 is 16.4. The molecule has 0 saturated carbocycles. The summed E-state index contributed by atoms with van der Waals surface area (Å²) in [4.78, 5) is 18.9. The number of ether oxygens (including phenoxy) is 2. The fraction of sp³-hybridized carbons (Fsp3) is 0.167. The Morgan fingerprint density at radius 3 is 2.62 bits per heavy atom. The molecule has 0 saturated heterocycles. The number of aromatic nitrogens is 2. The molecule has 1 aromatic carbocycles. The second-order valence-electron chi connectivity index (χ2n) is 5.51. The molecule has 0 aliphatic carbocycles. The van der Waals surface area contributed by atoms with Crippen LogP contribution in [0.25, 0.3) is 11.3 Å². The number of carbonyl (C=O) groups excluding carboxylic acids is 1. The average molecular weight is 354 g/mol. The molecule has 0 aliphatic rings. The van der Waals surface area contributed by atoms with E-state index in [4.69, 9.17) is 25.4 Å². The number of rotatable bonds is 6. The summed E-state index contributed by atoms with van der Waals surface area (Å²) >= 11 is 0. The summed E-state index contributed by atoms with van der Waals surface area (Å²) in [6.45, 7) is 0. The fourth-order valence-corrected chi connectivity index (χ4v) is 2.66. The van der Waals surface area contributed by atoms with Gasteiger partial charge in [-0.15, -0.1) is 0 Å². The van der Waals surface area contributed by atoms with Gasteiger partial charge in [-0.25, -0.2) is 4.98 Å². The van der Waals surface area contributed by atoms with Crippen molar-refractivity contribution in [3.63, 3.8) is 0 Å². The number of benzene rings is 1. The van der Waals surface area contributed by atoms with Gasteiger partial charge in [-0.2, -0.15) is 4.98 Å². The number of nitrogens with two attached hydrogens (primary N) is 2. The number of methoxy groups -OCH3 is 2. The predicted octanol–water partition coefficient (Wildman–Crippen LogP) is 2.32. The summed E-state index contributed by atoms with van der Waals surface area (Å²) in [7, 11) is 3.08. The molecule has 0 radical (unpaired) electrons. The van der Waals surface area contributed by atoms with E-state index in [1.54, 1.807) is 25.4 Å². The van der Waals surface area contributed by atoms with Crippen molar-refractivity contribution in [3.05, 3.63) is 47.3 Å². The molecule has 8 nitrogen and oxygen atoms in total. The fourth-order valence-electron chi connectivity index (χ4n) is 2.66. The first-order valence-corrected chi connectivity index (χ1v) is 7.72. The Labute approximate surface area is 149 Å². The number of aldehydes is 1. The number of anilines is 2. The number of hydrogen-bond donors (Lipinski definition) is 2. The van der Waals surface area contributed by atoms with E-state index in [1.807, 2.05) is 12.1 Å². The van der Waals surface area contributed by atoms with Gasteiger partial charge in [0.25, 0.3) is 0 Å². The van der Waals surface area contributed by atoms with E-state index >= 15 is 0 Å². The van der Waals surface area contributed by atoms with Crippen LogP contribution in [0.4, 0.5) is 11.8 Å². The van der Waals surface area contributed by atoms with Crippen LogP contribution >= 0.6 is 0 Å². The van der Waals surface area contributed by atoms with Gasteiger partial charge in [0, 0.05) is 18.2 Å². The maximum absolute atomic E-state index is 10.9. The lowest BCUT2D eigenvalue weighted by Crippen LogP contribution is -2.04. The van der Waals surface area contributed by atoms with Crippen molar-refractivity contribution in [3.8, 4) is 22.8 Å². The molecule has 3 aromatic rings. The van der Waals surface area contributed by atoms with E-state index in [1.165, 1.54) is 7.11 Å². The topological polar surface area (TPSA) is 126 Å². The molecule has 0 spiro atoms. The van der Waals surface area contributed by atoms with Crippen LogP contribution in [0.5, 0.6) is 11.5 Å². The van der Waals surface area contributed by atoms with Crippen molar-refractivity contribution in [1.82, 2.24) is 9.97 Å². The monoisotopic (exact) mass is 354 g/mol. The molecule has 134 valence electrons. The van der Waals surface area contributed by atoms with Crippen molar-refractivity contribution < 1.29 is 18.7 Å². The smallest absolute Gasteiger partial charge is 0.221 e. The van der Waals surface area contributed by atoms with Crippen molar-refractivity contribution in [1.29, 1.82) is 0 Å². The molecule has 0 fully saturated rings. The quantitative estimate of drug-likeness (QED) is 0.646. The first kappa shape index (κ1) is 17.3. The lowest BCUT2D eigenvalue weighted by molar-refractivity contribution is 0.110. The number of nitrogen functional groups attached to an aromatic ring is 2. The zero-order valence-electron chi connectivity index (χ0n) is 14.4. The summed E-state index contributed by atoms with van der Waals surface area (Å²) in [5, 5.41) is 0. The SMILES string of the molecule is COc1cc(Cc2cnc(N)nc2N)cc(-c2ccc(C=O)o2)c1OC. The van der Waals surface area contributed by atoms with Crippen LogP contribution in [0, 0.1) is 0 Å². The third-order valence-corrected chi connectivity index (χ3v) is 3.86. The van der Waals surface area contributed by atoms with Crippen LogP contribution in [0.1, 0.15) is 21.7 Å². The second kappa shape index (κ2) is 7.14. The van der Waals surface area contributed by atoms with Crippen LogP contribution in [0.2, 0.25) is 0 Å². The van der Waals surface area contributed by atoms with E-state index in [0.717, 1.165) is 11.1 Å². The van der Waals surface area contributed by atoms with E-state index in [9.17, 15) is 4.79 Å². The highest BCUT2D eigenvalue weighted by Crippen LogP contribution is 2.40. The van der Waals surface area contributed by atoms with Crippen molar-refractivity contribution in [2.45, 2.75) is 6.42 Å². The molecule has 2 aromatic heterocycles. The van der Waals surface area contributed by atoms with E-state index < -0.39 is 0 Å². The zero-order chi connectivity index (χ0) is 18.7. The third-order valence-electron chi connectivity index (χ3n) is 3.86. The highest BCUT2D eigenvalue weighted by molar-refractivity contribution is 5.76. The molecular formula is C18H18N4O4. The van der Waals surface area contributed by atoms with Gasteiger partial charge < -0.3 is 25.4 Å². The molecule has 26 heavy (non-hydrogen) atoms. The molecule has 0 bridgehead atoms. The van der Waals surface area contributed by atoms with E-state index in [0.29, 0.717) is 41.3 Å². The van der Waals surface area contributed by atoms with Crippen LogP contribution in [0.15, 0.2) is 34.9 Å². The van der Waals surface area contributed by atoms with Gasteiger partial charge in [0.2, 0.25) is 5.95 Å². The first-order chi connectivity index (χ1) is 12.5. The maximum atomic E-state index is 10.9. The molecule has 4 N–H and O–H groups in total. The Bertz CT molecular complexity index is 952. The predicted molar refractivity (Wildman–Crippen MR) is 96.3 cm³/mol. The highest BCUT2D eigenvalue weighted by atomic mass is 16.5. The summed E-state index contributed by atoms with van der Waals surface area (Å²) in [6.07, 6.45) is 2.69. The molecule has 0 atom stereocenters. The van der Waals surface area contributed by atoms with Gasteiger partial charge in [0.1, 0.15) is 11.6 Å². The van der Waals surface area contributed by atoms with Gasteiger partial charge in [0.05, 0.1) is 19.8 Å². The van der Waals surface area contributed by atoms with Gasteiger partial charge in [0.15, 0.2) is 23.5 Å². The van der Waals surface area contributed by atoms with Crippen molar-refractivity contribution in [2.24, 2.45) is 0 Å². The highest BCUT2D eigenvalue weighted by Gasteiger charge is 2.18. The molecular weight excluding hydrogens is 336 g/mol. The van der Waals surface area contributed by atoms with Crippen molar-refractivity contribution in [2.75, 3.05) is 25.7 Å². The number of furan rings is 1. The van der Waals surface area contributed by atoms with Gasteiger partial charge in [-0.3, -0.25) is 4.79 Å². The maximum Gasteiger partial charge on any atom is 0.221 e. The molecule has 0 amide bonds. The Kier molecular flexibility index (Phi) is 4.74. The third kappa shape index (κ3) is 3.30. The minimum Gasteiger partial charge on any atom is -0.493 e. The summed E-state index contributed by atoms with van der Waals surface area (Å²) in [5.41, 5.74) is 13.7. The minimum atomic E-state index is 0.122. The Morgan fingerprint density at radius 2 is 2.00 bits per heavy atom. The summed E-state index contributed by atoms with van der Waals surface area (Å²) in [5.74, 6) is 2.18.